The fourth-order valence-corrected chi connectivity index (χ4v) is 4.50. The summed E-state index contributed by atoms with van der Waals surface area (Å²) in [6.07, 6.45) is 4.48. The van der Waals surface area contributed by atoms with Crippen molar-refractivity contribution in [1.82, 2.24) is 9.38 Å². The Hall–Kier alpha value is -2.62. The van der Waals surface area contributed by atoms with Gasteiger partial charge in [-0.1, -0.05) is 31.9 Å². The lowest BCUT2D eigenvalue weighted by molar-refractivity contribution is -0.906. The molecule has 3 aromatic rings. The molecule has 2 aromatic heterocycles. The van der Waals surface area contributed by atoms with Crippen molar-refractivity contribution >= 4 is 22.5 Å². The van der Waals surface area contributed by atoms with Crippen LogP contribution < -0.4 is 10.2 Å². The van der Waals surface area contributed by atoms with Crippen molar-refractivity contribution in [3.63, 3.8) is 0 Å². The van der Waals surface area contributed by atoms with Crippen molar-refractivity contribution in [2.75, 3.05) is 44.7 Å². The Morgan fingerprint density at radius 2 is 2.03 bits per heavy atom. The van der Waals surface area contributed by atoms with Crippen LogP contribution in [0.3, 0.4) is 0 Å². The number of fused-ring (bicyclic) bond motifs is 3. The Labute approximate surface area is 178 Å². The highest BCUT2D eigenvalue weighted by atomic mass is 16.5. The van der Waals surface area contributed by atoms with Gasteiger partial charge < -0.3 is 15.0 Å². The van der Waals surface area contributed by atoms with Gasteiger partial charge in [-0.05, 0) is 43.0 Å². The highest BCUT2D eigenvalue weighted by molar-refractivity contribution is 5.86. The maximum atomic E-state index is 9.94. The fourth-order valence-electron chi connectivity index (χ4n) is 4.50. The number of nitriles is 1. The summed E-state index contributed by atoms with van der Waals surface area (Å²) >= 11 is 0. The van der Waals surface area contributed by atoms with E-state index in [4.69, 9.17) is 9.72 Å². The van der Waals surface area contributed by atoms with Crippen LogP contribution in [0.25, 0.3) is 16.7 Å². The molecular formula is C24H32N5O+. The zero-order valence-electron chi connectivity index (χ0n) is 18.1. The van der Waals surface area contributed by atoms with Gasteiger partial charge in [0.05, 0.1) is 42.9 Å². The molecule has 0 saturated carbocycles. The zero-order valence-corrected chi connectivity index (χ0v) is 18.1. The van der Waals surface area contributed by atoms with Crippen molar-refractivity contribution in [2.24, 2.45) is 0 Å². The molecule has 30 heavy (non-hydrogen) atoms. The number of aromatic nitrogens is 2. The highest BCUT2D eigenvalue weighted by Crippen LogP contribution is 2.31. The number of para-hydroxylation sites is 2. The van der Waals surface area contributed by atoms with E-state index in [9.17, 15) is 5.26 Å². The van der Waals surface area contributed by atoms with E-state index in [0.717, 1.165) is 80.3 Å². The van der Waals surface area contributed by atoms with Gasteiger partial charge in [-0.25, -0.2) is 4.98 Å². The van der Waals surface area contributed by atoms with Gasteiger partial charge in [-0.15, -0.1) is 0 Å². The fraction of sp³-hybridized carbons (Fsp3) is 0.500. The van der Waals surface area contributed by atoms with E-state index >= 15 is 0 Å². The van der Waals surface area contributed by atoms with Gasteiger partial charge in [0.15, 0.2) is 5.65 Å². The van der Waals surface area contributed by atoms with Crippen molar-refractivity contribution in [3.05, 3.63) is 41.0 Å². The van der Waals surface area contributed by atoms with E-state index in [-0.39, 0.29) is 0 Å². The van der Waals surface area contributed by atoms with Gasteiger partial charge >= 0.3 is 0 Å². The largest absolute Gasteiger partial charge is 0.370 e. The number of nitrogens with one attached hydrogen (secondary N) is 2. The van der Waals surface area contributed by atoms with Gasteiger partial charge in [-0.2, -0.15) is 5.26 Å². The van der Waals surface area contributed by atoms with Gasteiger partial charge in [0.1, 0.15) is 25.0 Å². The molecule has 0 radical (unpaired) electrons. The van der Waals surface area contributed by atoms with Gasteiger partial charge in [0, 0.05) is 0 Å². The number of quaternary nitrogens is 1. The minimum atomic E-state index is 0.696. The monoisotopic (exact) mass is 406 g/mol. The summed E-state index contributed by atoms with van der Waals surface area (Å²) in [5, 5.41) is 13.7. The molecule has 2 N–H and O–H groups in total. The third-order valence-electron chi connectivity index (χ3n) is 6.23. The van der Waals surface area contributed by atoms with Crippen LogP contribution in [-0.2, 0) is 11.2 Å². The van der Waals surface area contributed by atoms with Crippen LogP contribution in [0.2, 0.25) is 0 Å². The Kier molecular flexibility index (Phi) is 6.51. The number of imidazole rings is 1. The molecule has 3 heterocycles. The van der Waals surface area contributed by atoms with E-state index in [1.807, 2.05) is 18.2 Å². The number of nitrogens with zero attached hydrogens (tertiary/aromatic N) is 3. The van der Waals surface area contributed by atoms with E-state index < -0.39 is 0 Å². The highest BCUT2D eigenvalue weighted by Gasteiger charge is 2.21. The third-order valence-corrected chi connectivity index (χ3v) is 6.23. The summed E-state index contributed by atoms with van der Waals surface area (Å²) in [5.74, 6) is 1.11. The number of ether oxygens (including phenoxy) is 1. The maximum Gasteiger partial charge on any atom is 0.157 e. The average molecular weight is 407 g/mol. The van der Waals surface area contributed by atoms with Gasteiger partial charge in [0.25, 0.3) is 0 Å². The SMILES string of the molecule is CCCCCc1c(C)c(C#N)c2nc3ccccc3n2c1NCC[NH+]1CCOCC1. The molecule has 0 spiro atoms. The number of unbranched alkanes of at least 4 members (excludes halogenated alkanes) is 2. The van der Waals surface area contributed by atoms with Crippen molar-refractivity contribution in [3.8, 4) is 6.07 Å². The summed E-state index contributed by atoms with van der Waals surface area (Å²) in [4.78, 5) is 6.40. The number of pyridine rings is 1. The molecule has 1 aromatic carbocycles. The molecular weight excluding hydrogens is 374 g/mol. The summed E-state index contributed by atoms with van der Waals surface area (Å²) in [7, 11) is 0. The second-order valence-electron chi connectivity index (χ2n) is 8.19. The molecule has 6 nitrogen and oxygen atoms in total. The number of anilines is 1. The van der Waals surface area contributed by atoms with Crippen molar-refractivity contribution in [2.45, 2.75) is 39.5 Å². The van der Waals surface area contributed by atoms with Crippen LogP contribution in [-0.4, -0.2) is 48.8 Å². The number of hydrogen-bond acceptors (Lipinski definition) is 4. The van der Waals surface area contributed by atoms with Crippen molar-refractivity contribution < 1.29 is 9.64 Å². The predicted molar refractivity (Wildman–Crippen MR) is 120 cm³/mol. The maximum absolute atomic E-state index is 9.94. The molecule has 0 aliphatic carbocycles. The van der Waals surface area contributed by atoms with Gasteiger partial charge in [-0.3, -0.25) is 4.40 Å². The smallest absolute Gasteiger partial charge is 0.157 e. The second kappa shape index (κ2) is 9.46. The predicted octanol–water partition coefficient (Wildman–Crippen LogP) is 2.73. The number of morpholine rings is 1. The Bertz CT molecular complexity index is 1060. The van der Waals surface area contributed by atoms with Crippen LogP contribution in [0.4, 0.5) is 5.82 Å². The lowest BCUT2D eigenvalue weighted by Gasteiger charge is -2.25. The van der Waals surface area contributed by atoms with Crippen molar-refractivity contribution in [1.29, 1.82) is 5.26 Å². The third kappa shape index (κ3) is 4.00. The molecule has 4 rings (SSSR count). The first-order valence-corrected chi connectivity index (χ1v) is 11.2. The molecule has 1 aliphatic rings. The minimum absolute atomic E-state index is 0.696. The molecule has 0 atom stereocenters. The van der Waals surface area contributed by atoms with Crippen LogP contribution >= 0.6 is 0 Å². The molecule has 0 amide bonds. The topological polar surface area (TPSA) is 66.8 Å². The average Bonchev–Trinajstić information content (AvgIpc) is 3.15. The van der Waals surface area contributed by atoms with Crippen LogP contribution in [0.15, 0.2) is 24.3 Å². The summed E-state index contributed by atoms with van der Waals surface area (Å²) in [5.41, 5.74) is 5.77. The van der Waals surface area contributed by atoms with E-state index in [1.54, 1.807) is 4.90 Å². The molecule has 6 heteroatoms. The molecule has 158 valence electrons. The second-order valence-corrected chi connectivity index (χ2v) is 8.19. The first kappa shape index (κ1) is 20.6. The zero-order chi connectivity index (χ0) is 20.9. The summed E-state index contributed by atoms with van der Waals surface area (Å²) < 4.78 is 7.67. The molecule has 1 aliphatic heterocycles. The molecule has 1 saturated heterocycles. The normalized spacial score (nSPS) is 15.0. The van der Waals surface area contributed by atoms with Gasteiger partial charge in [0.2, 0.25) is 0 Å². The standard InChI is InChI=1S/C24H31N5O/c1-3-4-5-8-19-18(2)20(17-25)24-27-21-9-6-7-10-22(21)29(24)23(19)26-11-12-28-13-15-30-16-14-28/h6-7,9-10,26H,3-5,8,11-16H2,1-2H3/p+1. The molecule has 0 bridgehead atoms. The number of hydrogen-bond donors (Lipinski definition) is 2. The first-order valence-electron chi connectivity index (χ1n) is 11.2. The first-order chi connectivity index (χ1) is 14.7. The van der Waals surface area contributed by atoms with Crippen LogP contribution in [0.1, 0.15) is 42.9 Å². The Morgan fingerprint density at radius 1 is 1.23 bits per heavy atom. The lowest BCUT2D eigenvalue weighted by atomic mass is 9.99. The van der Waals surface area contributed by atoms with E-state index in [0.29, 0.717) is 5.56 Å². The summed E-state index contributed by atoms with van der Waals surface area (Å²) in [6.45, 7) is 10.1. The Balaban J connectivity index is 1.77. The van der Waals surface area contributed by atoms with Crippen LogP contribution in [0, 0.1) is 18.3 Å². The number of rotatable bonds is 8. The number of benzene rings is 1. The quantitative estimate of drug-likeness (QED) is 0.565. The molecule has 0 unspecified atom stereocenters. The minimum Gasteiger partial charge on any atom is -0.370 e. The van der Waals surface area contributed by atoms with E-state index in [2.05, 4.69) is 35.7 Å². The lowest BCUT2D eigenvalue weighted by Crippen LogP contribution is -3.14. The Morgan fingerprint density at radius 3 is 2.80 bits per heavy atom. The summed E-state index contributed by atoms with van der Waals surface area (Å²) in [6, 6.07) is 10.6. The van der Waals surface area contributed by atoms with E-state index in [1.165, 1.54) is 18.4 Å². The molecule has 1 fully saturated rings. The van der Waals surface area contributed by atoms with Crippen LogP contribution in [0.5, 0.6) is 0 Å².